The molecule has 3 amide bonds. The number of hydrogen-bond donors (Lipinski definition) is 9. The van der Waals surface area contributed by atoms with Crippen molar-refractivity contribution in [3.05, 3.63) is 29.8 Å². The minimum absolute atomic E-state index is 0.0246. The summed E-state index contributed by atoms with van der Waals surface area (Å²) in [5, 5.41) is 35.5. The van der Waals surface area contributed by atoms with Gasteiger partial charge in [0.1, 0.15) is 23.9 Å². The molecule has 222 valence electrons. The molecule has 0 aliphatic rings. The van der Waals surface area contributed by atoms with Crippen molar-refractivity contribution in [1.82, 2.24) is 16.0 Å². The molecule has 0 fully saturated rings. The number of nitrogens with one attached hydrogen (secondary N) is 3. The number of nitrogens with zero attached hydrogens (tertiary/aromatic N) is 1. The maximum atomic E-state index is 13.2. The summed E-state index contributed by atoms with van der Waals surface area (Å²) in [6.45, 7) is 3.81. The van der Waals surface area contributed by atoms with Crippen molar-refractivity contribution in [2.45, 2.75) is 70.1 Å². The number of benzene rings is 1. The molecule has 1 aromatic carbocycles. The van der Waals surface area contributed by atoms with Gasteiger partial charge in [-0.3, -0.25) is 24.2 Å². The van der Waals surface area contributed by atoms with Crippen LogP contribution < -0.4 is 33.2 Å². The monoisotopic (exact) mass is 565 g/mol. The smallest absolute Gasteiger partial charge is 0.326 e. The Morgan fingerprint density at radius 3 is 1.95 bits per heavy atom. The number of hydrogen-bond acceptors (Lipinski definition) is 8. The first-order valence-electron chi connectivity index (χ1n) is 12.6. The number of nitrogens with two attached hydrogens (primary N) is 3. The quantitative estimate of drug-likeness (QED) is 0.0587. The van der Waals surface area contributed by atoms with Gasteiger partial charge in [-0.1, -0.05) is 26.0 Å². The van der Waals surface area contributed by atoms with Crippen molar-refractivity contribution in [2.24, 2.45) is 28.1 Å². The van der Waals surface area contributed by atoms with E-state index in [2.05, 4.69) is 20.9 Å². The summed E-state index contributed by atoms with van der Waals surface area (Å²) in [7, 11) is 0. The van der Waals surface area contributed by atoms with E-state index >= 15 is 0 Å². The predicted molar refractivity (Wildman–Crippen MR) is 145 cm³/mol. The Balaban J connectivity index is 3.14. The Bertz CT molecular complexity index is 1060. The van der Waals surface area contributed by atoms with E-state index in [-0.39, 0.29) is 43.4 Å². The highest BCUT2D eigenvalue weighted by Gasteiger charge is 2.31. The second kappa shape index (κ2) is 16.5. The summed E-state index contributed by atoms with van der Waals surface area (Å²) in [5.41, 5.74) is 16.9. The fourth-order valence-electron chi connectivity index (χ4n) is 3.66. The normalized spacial score (nSPS) is 13.8. The van der Waals surface area contributed by atoms with Gasteiger partial charge in [-0.05, 0) is 42.9 Å². The summed E-state index contributed by atoms with van der Waals surface area (Å²) in [6.07, 6.45) is -0.434. The Labute approximate surface area is 231 Å². The van der Waals surface area contributed by atoms with E-state index in [0.29, 0.717) is 12.0 Å². The number of carbonyl (C=O) groups is 5. The van der Waals surface area contributed by atoms with E-state index in [1.165, 1.54) is 24.3 Å². The molecular weight excluding hydrogens is 526 g/mol. The zero-order valence-electron chi connectivity index (χ0n) is 22.5. The minimum Gasteiger partial charge on any atom is -0.508 e. The van der Waals surface area contributed by atoms with Crippen LogP contribution in [0.2, 0.25) is 0 Å². The van der Waals surface area contributed by atoms with Gasteiger partial charge >= 0.3 is 11.9 Å². The highest BCUT2D eigenvalue weighted by Crippen LogP contribution is 2.12. The van der Waals surface area contributed by atoms with Crippen LogP contribution in [0.4, 0.5) is 0 Å². The van der Waals surface area contributed by atoms with Gasteiger partial charge in [0.25, 0.3) is 0 Å². The summed E-state index contributed by atoms with van der Waals surface area (Å²) in [6, 6.07) is 0.446. The van der Waals surface area contributed by atoms with Gasteiger partial charge < -0.3 is 48.5 Å². The number of phenolic OH excluding ortho intramolecular Hbond substituents is 1. The Morgan fingerprint density at radius 2 is 1.43 bits per heavy atom. The van der Waals surface area contributed by atoms with Gasteiger partial charge in [0.05, 0.1) is 12.5 Å². The molecule has 0 saturated carbocycles. The van der Waals surface area contributed by atoms with Gasteiger partial charge in [-0.15, -0.1) is 0 Å². The highest BCUT2D eigenvalue weighted by molar-refractivity contribution is 5.95. The third-order valence-electron chi connectivity index (χ3n) is 5.64. The first kappa shape index (κ1) is 33.6. The topological polar surface area (TPSA) is 273 Å². The predicted octanol–water partition coefficient (Wildman–Crippen LogP) is -1.62. The molecule has 15 nitrogen and oxygen atoms in total. The number of aliphatic imine (C=N–C) groups is 1. The Morgan fingerprint density at radius 1 is 0.875 bits per heavy atom. The molecule has 0 spiro atoms. The molecule has 0 saturated heterocycles. The molecular formula is C25H39N7O8. The summed E-state index contributed by atoms with van der Waals surface area (Å²) in [5.74, 6) is -5.44. The van der Waals surface area contributed by atoms with E-state index in [9.17, 15) is 39.3 Å². The van der Waals surface area contributed by atoms with E-state index in [1.807, 2.05) is 13.8 Å². The molecule has 15 heteroatoms. The van der Waals surface area contributed by atoms with Gasteiger partial charge in [0.2, 0.25) is 17.7 Å². The van der Waals surface area contributed by atoms with Crippen LogP contribution in [0.3, 0.4) is 0 Å². The third kappa shape index (κ3) is 12.9. The molecule has 0 aliphatic heterocycles. The van der Waals surface area contributed by atoms with E-state index in [1.54, 1.807) is 0 Å². The molecule has 40 heavy (non-hydrogen) atoms. The number of rotatable bonds is 17. The molecule has 4 atom stereocenters. The molecule has 1 rings (SSSR count). The number of amides is 3. The summed E-state index contributed by atoms with van der Waals surface area (Å²) in [4.78, 5) is 65.7. The fraction of sp³-hybridized carbons (Fsp3) is 0.520. The zero-order chi connectivity index (χ0) is 30.4. The van der Waals surface area contributed by atoms with Crippen LogP contribution in [0.1, 0.15) is 45.1 Å². The second-order valence-electron chi connectivity index (χ2n) is 9.68. The van der Waals surface area contributed by atoms with Crippen LogP contribution in [0, 0.1) is 5.92 Å². The van der Waals surface area contributed by atoms with Gasteiger partial charge in [0.15, 0.2) is 5.96 Å². The van der Waals surface area contributed by atoms with Crippen molar-refractivity contribution in [3.63, 3.8) is 0 Å². The van der Waals surface area contributed by atoms with Crippen molar-refractivity contribution >= 4 is 35.6 Å². The summed E-state index contributed by atoms with van der Waals surface area (Å²) >= 11 is 0. The van der Waals surface area contributed by atoms with Crippen LogP contribution in [0.25, 0.3) is 0 Å². The van der Waals surface area contributed by atoms with E-state index in [0.717, 1.165) is 0 Å². The SMILES string of the molecule is CC(C)C[C@H](N)C(=O)N[C@@H](CC(=O)O)C(=O)N[C@@H](Cc1ccc(O)cc1)C(=O)N[C@@H](CCCN=C(N)N)C(=O)O. The highest BCUT2D eigenvalue weighted by atomic mass is 16.4. The average Bonchev–Trinajstić information content (AvgIpc) is 2.85. The molecule has 0 bridgehead atoms. The number of phenols is 1. The number of carbonyl (C=O) groups excluding carboxylic acids is 3. The molecule has 0 radical (unpaired) electrons. The van der Waals surface area contributed by atoms with Gasteiger partial charge in [0, 0.05) is 13.0 Å². The van der Waals surface area contributed by atoms with Crippen molar-refractivity contribution in [2.75, 3.05) is 6.54 Å². The number of aliphatic carboxylic acids is 2. The molecule has 0 heterocycles. The first-order valence-corrected chi connectivity index (χ1v) is 12.6. The number of guanidine groups is 1. The third-order valence-corrected chi connectivity index (χ3v) is 5.64. The maximum Gasteiger partial charge on any atom is 0.326 e. The van der Waals surface area contributed by atoms with Gasteiger partial charge in [-0.25, -0.2) is 4.79 Å². The van der Waals surface area contributed by atoms with E-state index < -0.39 is 60.2 Å². The van der Waals surface area contributed by atoms with Crippen molar-refractivity contribution in [3.8, 4) is 5.75 Å². The molecule has 0 aromatic heterocycles. The zero-order valence-corrected chi connectivity index (χ0v) is 22.5. The number of carboxylic acids is 2. The van der Waals surface area contributed by atoms with Crippen molar-refractivity contribution < 1.29 is 39.3 Å². The second-order valence-corrected chi connectivity index (χ2v) is 9.68. The van der Waals surface area contributed by atoms with Crippen LogP contribution in [0.5, 0.6) is 5.75 Å². The number of aromatic hydroxyl groups is 1. The molecule has 12 N–H and O–H groups in total. The van der Waals surface area contributed by atoms with Crippen LogP contribution in [0.15, 0.2) is 29.3 Å². The number of carboxylic acid groups (broad SMARTS) is 2. The largest absolute Gasteiger partial charge is 0.508 e. The lowest BCUT2D eigenvalue weighted by molar-refractivity contribution is -0.143. The summed E-state index contributed by atoms with van der Waals surface area (Å²) < 4.78 is 0. The minimum atomic E-state index is -1.56. The lowest BCUT2D eigenvalue weighted by Crippen LogP contribution is -2.58. The van der Waals surface area contributed by atoms with Gasteiger partial charge in [-0.2, -0.15) is 0 Å². The lowest BCUT2D eigenvalue weighted by atomic mass is 10.0. The Hall–Kier alpha value is -4.40. The lowest BCUT2D eigenvalue weighted by Gasteiger charge is -2.25. The van der Waals surface area contributed by atoms with E-state index in [4.69, 9.17) is 17.2 Å². The van der Waals surface area contributed by atoms with Crippen LogP contribution in [-0.4, -0.2) is 81.7 Å². The fourth-order valence-corrected chi connectivity index (χ4v) is 3.66. The average molecular weight is 566 g/mol. The van der Waals surface area contributed by atoms with Crippen LogP contribution >= 0.6 is 0 Å². The maximum absolute atomic E-state index is 13.2. The molecule has 0 unspecified atom stereocenters. The molecule has 1 aromatic rings. The first-order chi connectivity index (χ1) is 18.7. The van der Waals surface area contributed by atoms with Crippen molar-refractivity contribution in [1.29, 1.82) is 0 Å². The molecule has 0 aliphatic carbocycles. The Kier molecular flexibility index (Phi) is 13.9. The van der Waals surface area contributed by atoms with Crippen LogP contribution in [-0.2, 0) is 30.4 Å². The standard InChI is InChI=1S/C25H39N7O8/c1-13(2)10-16(26)21(36)31-19(12-20(34)35)23(38)32-18(11-14-5-7-15(33)8-6-14)22(37)30-17(24(39)40)4-3-9-29-25(27)28/h5-8,13,16-19,33H,3-4,9-12,26H2,1-2H3,(H,30,37)(H,31,36)(H,32,38)(H,34,35)(H,39,40)(H4,27,28,29)/t16-,17-,18-,19-/m0/s1.